The molecule has 16 heavy (non-hydrogen) atoms. The largest absolute Gasteiger partial charge is 0.370 e. The van der Waals surface area contributed by atoms with Gasteiger partial charge in [-0.15, -0.1) is 0 Å². The van der Waals surface area contributed by atoms with Gasteiger partial charge >= 0.3 is 0 Å². The maximum atomic E-state index is 10.6. The van der Waals surface area contributed by atoms with Gasteiger partial charge in [-0.1, -0.05) is 30.3 Å². The molecule has 3 heteroatoms. The van der Waals surface area contributed by atoms with Crippen molar-refractivity contribution in [2.24, 2.45) is 5.73 Å². The highest BCUT2D eigenvalue weighted by Crippen LogP contribution is 2.01. The number of amides is 1. The maximum Gasteiger partial charge on any atom is 0.217 e. The van der Waals surface area contributed by atoms with Crippen molar-refractivity contribution >= 4 is 5.91 Å². The van der Waals surface area contributed by atoms with Crippen LogP contribution >= 0.6 is 0 Å². The number of carbonyl (C=O) groups excluding carboxylic acids is 1. The average Bonchev–Trinajstić information content (AvgIpc) is 2.27. The first-order chi connectivity index (χ1) is 7.68. The normalized spacial score (nSPS) is 10.6. The van der Waals surface area contributed by atoms with Gasteiger partial charge in [-0.25, -0.2) is 0 Å². The number of primary amides is 1. The molecule has 1 rings (SSSR count). The van der Waals surface area contributed by atoms with Gasteiger partial charge in [-0.2, -0.15) is 0 Å². The molecule has 1 aromatic rings. The topological polar surface area (TPSA) is 46.3 Å². The molecule has 0 aliphatic heterocycles. The smallest absolute Gasteiger partial charge is 0.217 e. The van der Waals surface area contributed by atoms with Gasteiger partial charge in [0.15, 0.2) is 0 Å². The van der Waals surface area contributed by atoms with Crippen molar-refractivity contribution in [3.63, 3.8) is 0 Å². The molecule has 0 aliphatic carbocycles. The summed E-state index contributed by atoms with van der Waals surface area (Å²) in [6, 6.07) is 10.4. The van der Waals surface area contributed by atoms with Crippen molar-refractivity contribution in [2.75, 3.05) is 20.1 Å². The number of carbonyl (C=O) groups is 1. The zero-order valence-electron chi connectivity index (χ0n) is 9.86. The van der Waals surface area contributed by atoms with Crippen molar-refractivity contribution < 1.29 is 4.79 Å². The highest BCUT2D eigenvalue weighted by molar-refractivity contribution is 5.73. The Hall–Kier alpha value is -1.35. The summed E-state index contributed by atoms with van der Waals surface area (Å²) in [4.78, 5) is 12.8. The second-order valence-corrected chi connectivity index (χ2v) is 4.11. The molecule has 3 nitrogen and oxygen atoms in total. The maximum absolute atomic E-state index is 10.6. The fraction of sp³-hybridized carbons (Fsp3) is 0.462. The van der Waals surface area contributed by atoms with Gasteiger partial charge < -0.3 is 10.6 Å². The summed E-state index contributed by atoms with van der Waals surface area (Å²) >= 11 is 0. The van der Waals surface area contributed by atoms with Crippen molar-refractivity contribution in [2.45, 2.75) is 19.3 Å². The van der Waals surface area contributed by atoms with Crippen LogP contribution in [0.15, 0.2) is 30.3 Å². The van der Waals surface area contributed by atoms with Crippen LogP contribution in [0.5, 0.6) is 0 Å². The molecule has 0 atom stereocenters. The van der Waals surface area contributed by atoms with Gasteiger partial charge in [0.25, 0.3) is 0 Å². The van der Waals surface area contributed by atoms with Gasteiger partial charge in [-0.3, -0.25) is 4.79 Å². The summed E-state index contributed by atoms with van der Waals surface area (Å²) in [7, 11) is 2.07. The fourth-order valence-electron chi connectivity index (χ4n) is 1.60. The predicted octanol–water partition coefficient (Wildman–Crippen LogP) is 1.43. The minimum absolute atomic E-state index is 0.212. The lowest BCUT2D eigenvalue weighted by Gasteiger charge is -2.15. The molecule has 0 aromatic heterocycles. The summed E-state index contributed by atoms with van der Waals surface area (Å²) in [5, 5.41) is 0. The Bertz CT molecular complexity index is 311. The fourth-order valence-corrected chi connectivity index (χ4v) is 1.60. The Morgan fingerprint density at radius 3 is 2.56 bits per heavy atom. The minimum Gasteiger partial charge on any atom is -0.370 e. The van der Waals surface area contributed by atoms with E-state index < -0.39 is 0 Å². The SMILES string of the molecule is CN(CCCC(N)=O)CCc1ccccc1. The molecule has 0 aliphatic rings. The van der Waals surface area contributed by atoms with E-state index in [0.29, 0.717) is 6.42 Å². The van der Waals surface area contributed by atoms with Gasteiger partial charge in [0.1, 0.15) is 0 Å². The average molecular weight is 220 g/mol. The number of nitrogens with two attached hydrogens (primary N) is 1. The van der Waals surface area contributed by atoms with E-state index in [0.717, 1.165) is 25.9 Å². The Balaban J connectivity index is 2.15. The number of likely N-dealkylation sites (N-methyl/N-ethyl adjacent to an activating group) is 1. The number of benzene rings is 1. The highest BCUT2D eigenvalue weighted by Gasteiger charge is 2.00. The molecule has 0 heterocycles. The molecule has 1 aromatic carbocycles. The van der Waals surface area contributed by atoms with Crippen molar-refractivity contribution in [1.82, 2.24) is 4.90 Å². The van der Waals surface area contributed by atoms with Crippen LogP contribution in [0.4, 0.5) is 0 Å². The Kier molecular flexibility index (Phi) is 5.57. The van der Waals surface area contributed by atoms with Gasteiger partial charge in [-0.05, 0) is 32.0 Å². The van der Waals surface area contributed by atoms with E-state index >= 15 is 0 Å². The third-order valence-corrected chi connectivity index (χ3v) is 2.59. The molecule has 0 spiro atoms. The standard InChI is InChI=1S/C13H20N2O/c1-15(10-5-8-13(14)16)11-9-12-6-3-2-4-7-12/h2-4,6-7H,5,8-11H2,1H3,(H2,14,16). The molecular weight excluding hydrogens is 200 g/mol. The van der Waals surface area contributed by atoms with E-state index in [1.165, 1.54) is 5.56 Å². The zero-order valence-corrected chi connectivity index (χ0v) is 9.86. The first-order valence-electron chi connectivity index (χ1n) is 5.69. The lowest BCUT2D eigenvalue weighted by Crippen LogP contribution is -2.23. The molecule has 0 fully saturated rings. The second kappa shape index (κ2) is 7.01. The summed E-state index contributed by atoms with van der Waals surface area (Å²) < 4.78 is 0. The molecule has 0 bridgehead atoms. The van der Waals surface area contributed by atoms with Crippen LogP contribution in [0.1, 0.15) is 18.4 Å². The van der Waals surface area contributed by atoms with Crippen molar-refractivity contribution in [3.05, 3.63) is 35.9 Å². The Labute approximate surface area is 97.2 Å². The monoisotopic (exact) mass is 220 g/mol. The molecule has 0 radical (unpaired) electrons. The van der Waals surface area contributed by atoms with Crippen LogP contribution in [0.2, 0.25) is 0 Å². The third-order valence-electron chi connectivity index (χ3n) is 2.59. The predicted molar refractivity (Wildman–Crippen MR) is 66.1 cm³/mol. The Morgan fingerprint density at radius 2 is 1.94 bits per heavy atom. The lowest BCUT2D eigenvalue weighted by molar-refractivity contribution is -0.118. The quantitative estimate of drug-likeness (QED) is 0.755. The van der Waals surface area contributed by atoms with Crippen LogP contribution in [-0.2, 0) is 11.2 Å². The Morgan fingerprint density at radius 1 is 1.25 bits per heavy atom. The van der Waals surface area contributed by atoms with E-state index in [9.17, 15) is 4.79 Å². The summed E-state index contributed by atoms with van der Waals surface area (Å²) in [5.74, 6) is -0.212. The van der Waals surface area contributed by atoms with Crippen LogP contribution in [0.25, 0.3) is 0 Å². The van der Waals surface area contributed by atoms with Gasteiger partial charge in [0, 0.05) is 13.0 Å². The molecule has 1 amide bonds. The zero-order chi connectivity index (χ0) is 11.8. The van der Waals surface area contributed by atoms with Gasteiger partial charge in [0.2, 0.25) is 5.91 Å². The molecule has 2 N–H and O–H groups in total. The minimum atomic E-state index is -0.212. The molecule has 0 saturated heterocycles. The van der Waals surface area contributed by atoms with Crippen LogP contribution in [0, 0.1) is 0 Å². The number of hydrogen-bond donors (Lipinski definition) is 1. The molecule has 0 saturated carbocycles. The van der Waals surface area contributed by atoms with Crippen LogP contribution in [0.3, 0.4) is 0 Å². The van der Waals surface area contributed by atoms with Crippen molar-refractivity contribution in [3.8, 4) is 0 Å². The molecular formula is C13H20N2O. The summed E-state index contributed by atoms with van der Waals surface area (Å²) in [6.45, 7) is 1.94. The molecule has 0 unspecified atom stereocenters. The number of hydrogen-bond acceptors (Lipinski definition) is 2. The summed E-state index contributed by atoms with van der Waals surface area (Å²) in [5.41, 5.74) is 6.44. The first kappa shape index (κ1) is 12.7. The second-order valence-electron chi connectivity index (χ2n) is 4.11. The van der Waals surface area contributed by atoms with E-state index in [-0.39, 0.29) is 5.91 Å². The summed E-state index contributed by atoms with van der Waals surface area (Å²) in [6.07, 6.45) is 2.38. The van der Waals surface area contributed by atoms with Crippen molar-refractivity contribution in [1.29, 1.82) is 0 Å². The van der Waals surface area contributed by atoms with E-state index in [1.54, 1.807) is 0 Å². The number of nitrogens with zero attached hydrogens (tertiary/aromatic N) is 1. The van der Waals surface area contributed by atoms with Crippen LogP contribution < -0.4 is 5.73 Å². The first-order valence-corrected chi connectivity index (χ1v) is 5.69. The third kappa shape index (κ3) is 5.51. The molecule has 88 valence electrons. The van der Waals surface area contributed by atoms with Crippen LogP contribution in [-0.4, -0.2) is 30.9 Å². The lowest BCUT2D eigenvalue weighted by atomic mass is 10.1. The number of rotatable bonds is 7. The van der Waals surface area contributed by atoms with Gasteiger partial charge in [0.05, 0.1) is 0 Å². The van der Waals surface area contributed by atoms with E-state index in [1.807, 2.05) is 6.07 Å². The highest BCUT2D eigenvalue weighted by atomic mass is 16.1. The van der Waals surface area contributed by atoms with E-state index in [4.69, 9.17) is 5.73 Å². The van der Waals surface area contributed by atoms with E-state index in [2.05, 4.69) is 36.2 Å².